The van der Waals surface area contributed by atoms with E-state index in [-0.39, 0.29) is 59.1 Å². The minimum Gasteiger partial charge on any atom is -0.759 e. The molecule has 0 saturated heterocycles. The van der Waals surface area contributed by atoms with Crippen molar-refractivity contribution in [3.05, 3.63) is 0 Å². The van der Waals surface area contributed by atoms with Crippen molar-refractivity contribution in [2.45, 2.75) is 0 Å². The maximum Gasteiger partial charge on any atom is 1.00 e. The van der Waals surface area contributed by atoms with E-state index in [0.717, 1.165) is 0 Å². The topological polar surface area (TPSA) is 128 Å². The van der Waals surface area contributed by atoms with Gasteiger partial charge in [-0.1, -0.05) is 0 Å². The molecule has 6 nitrogen and oxygen atoms in total. The Kier molecular flexibility index (Phi) is 29.0. The zero-order valence-corrected chi connectivity index (χ0v) is 10.4. The van der Waals surface area contributed by atoms with Crippen molar-refractivity contribution in [2.24, 2.45) is 0 Å². The van der Waals surface area contributed by atoms with Crippen LogP contribution in [0.4, 0.5) is 0 Å². The van der Waals surface area contributed by atoms with E-state index >= 15 is 0 Å². The second-order valence-electron chi connectivity index (χ2n) is 0.533. The third-order valence-electron chi connectivity index (χ3n) is 0. The molecule has 2 N–H and O–H groups in total. The van der Waals surface area contributed by atoms with Crippen molar-refractivity contribution < 1.29 is 76.6 Å². The zero-order valence-electron chi connectivity index (χ0n) is 5.54. The van der Waals surface area contributed by atoms with Gasteiger partial charge in [-0.25, -0.2) is 10.8 Å². The Morgan fingerprint density at radius 2 is 1.10 bits per heavy atom. The number of rotatable bonds is 0. The summed E-state index contributed by atoms with van der Waals surface area (Å²) in [6, 6.07) is 1.25. The van der Waals surface area contributed by atoms with E-state index < -0.39 is 10.4 Å². The van der Waals surface area contributed by atoms with Gasteiger partial charge in [0.1, 0.15) is 0 Å². The molecule has 0 atom stereocenters. The molecule has 0 radical (unpaired) electrons. The van der Waals surface area contributed by atoms with Gasteiger partial charge in [-0.3, -0.25) is 8.42 Å². The molecule has 0 amide bonds. The monoisotopic (exact) mass is 184 g/mol. The summed E-state index contributed by atoms with van der Waals surface area (Å²) in [7, 11) is -5.17. The summed E-state index contributed by atoms with van der Waals surface area (Å²) < 4.78 is 34.1. The van der Waals surface area contributed by atoms with Crippen LogP contribution in [0.2, 0.25) is 0 Å². The fourth-order valence-corrected chi connectivity index (χ4v) is 0. The Bertz CT molecular complexity index is 162. The van der Waals surface area contributed by atoms with Gasteiger partial charge in [0.15, 0.2) is 0 Å². The summed E-state index contributed by atoms with van der Waals surface area (Å²) in [5.74, 6) is 0. The van der Waals surface area contributed by atoms with Gasteiger partial charge >= 0.3 is 59.1 Å². The molecule has 0 aliphatic heterocycles. The predicted octanol–water partition coefficient (Wildman–Crippen LogP) is -7.01. The van der Waals surface area contributed by atoms with E-state index in [4.69, 9.17) is 28.3 Å². The normalized spacial score (nSPS) is 6.60. The second-order valence-corrected chi connectivity index (χ2v) is 1.35. The minimum absolute atomic E-state index is 0. The molecule has 48 valence electrons. The van der Waals surface area contributed by atoms with Crippen LogP contribution in [0.15, 0.2) is 0 Å². The van der Waals surface area contributed by atoms with Gasteiger partial charge in [0.2, 0.25) is 0 Å². The number of nitrogens with one attached hydrogen (secondary N) is 2. The average molecular weight is 184 g/mol. The smallest absolute Gasteiger partial charge is 0.759 e. The first-order chi connectivity index (χ1) is 3.41. The predicted molar refractivity (Wildman–Crippen MR) is 20.9 cm³/mol. The Labute approximate surface area is 103 Å². The Morgan fingerprint density at radius 3 is 1.10 bits per heavy atom. The van der Waals surface area contributed by atoms with Crippen LogP contribution >= 0.6 is 0 Å². The quantitative estimate of drug-likeness (QED) is 0.168. The van der Waals surface area contributed by atoms with Gasteiger partial charge < -0.3 is 9.11 Å². The molecular formula is CH2N2Na2O4S. The largest absolute Gasteiger partial charge is 1.00 e. The number of hydrogen-bond donors (Lipinski definition) is 2. The molecule has 0 fully saturated rings. The maximum atomic E-state index is 8.52. The van der Waals surface area contributed by atoms with Crippen molar-refractivity contribution in [1.82, 2.24) is 0 Å². The van der Waals surface area contributed by atoms with E-state index in [0.29, 0.717) is 0 Å². The average Bonchev–Trinajstić information content (AvgIpc) is 1.27. The van der Waals surface area contributed by atoms with Crippen LogP contribution in [-0.4, -0.2) is 23.5 Å². The molecule has 0 heterocycles. The SMILES string of the molecule is N=C=N.O=S(=O)([O-])[O-].[Na+].[Na+]. The van der Waals surface area contributed by atoms with Gasteiger partial charge in [-0.15, -0.1) is 0 Å². The summed E-state index contributed by atoms with van der Waals surface area (Å²) in [4.78, 5) is 0. The van der Waals surface area contributed by atoms with Crippen molar-refractivity contribution in [3.8, 4) is 0 Å². The van der Waals surface area contributed by atoms with Crippen LogP contribution in [-0.2, 0) is 10.4 Å². The Morgan fingerprint density at radius 1 is 1.10 bits per heavy atom. The van der Waals surface area contributed by atoms with E-state index in [9.17, 15) is 0 Å². The van der Waals surface area contributed by atoms with E-state index in [1.54, 1.807) is 0 Å². The zero-order chi connectivity index (χ0) is 7.21. The summed E-state index contributed by atoms with van der Waals surface area (Å²) >= 11 is 0. The fraction of sp³-hybridized carbons (Fsp3) is 0. The van der Waals surface area contributed by atoms with Crippen LogP contribution in [0.25, 0.3) is 0 Å². The molecule has 0 saturated carbocycles. The summed E-state index contributed by atoms with van der Waals surface area (Å²) in [5.41, 5.74) is 0. The third kappa shape index (κ3) is 403. The molecule has 0 aromatic rings. The van der Waals surface area contributed by atoms with Crippen LogP contribution < -0.4 is 59.1 Å². The standard InChI is InChI=1S/CH2N2.2Na.H2O4S/c2-1-3;;;1-5(2,3)4/h2-3H;;;(H2,1,2,3,4)/q;2*+1;/p-2. The molecule has 0 aromatic carbocycles. The minimum atomic E-state index is -5.17. The number of hydrogen-bond acceptors (Lipinski definition) is 6. The van der Waals surface area contributed by atoms with Gasteiger partial charge in [0, 0.05) is 10.4 Å². The van der Waals surface area contributed by atoms with Crippen molar-refractivity contribution in [1.29, 1.82) is 10.8 Å². The molecule has 0 aliphatic carbocycles. The summed E-state index contributed by atoms with van der Waals surface area (Å²) in [6.07, 6.45) is 0. The van der Waals surface area contributed by atoms with Gasteiger partial charge in [0.05, 0.1) is 6.01 Å². The van der Waals surface area contributed by atoms with Crippen LogP contribution in [0.3, 0.4) is 0 Å². The van der Waals surface area contributed by atoms with Crippen molar-refractivity contribution in [3.63, 3.8) is 0 Å². The van der Waals surface area contributed by atoms with Crippen LogP contribution in [0.5, 0.6) is 0 Å². The molecule has 10 heavy (non-hydrogen) atoms. The summed E-state index contributed by atoms with van der Waals surface area (Å²) in [5, 5.41) is 11.2. The first-order valence-electron chi connectivity index (χ1n) is 1.17. The van der Waals surface area contributed by atoms with Crippen molar-refractivity contribution in [2.75, 3.05) is 0 Å². The molecule has 0 unspecified atom stereocenters. The Hall–Kier alpha value is 1.25. The van der Waals surface area contributed by atoms with Gasteiger partial charge in [-0.05, 0) is 0 Å². The summed E-state index contributed by atoms with van der Waals surface area (Å²) in [6.45, 7) is 0. The molecule has 9 heteroatoms. The third-order valence-corrected chi connectivity index (χ3v) is 0. The van der Waals surface area contributed by atoms with Gasteiger partial charge in [-0.2, -0.15) is 0 Å². The molecule has 0 spiro atoms. The molecule has 0 aromatic heterocycles. The van der Waals surface area contributed by atoms with Crippen LogP contribution in [0, 0.1) is 10.8 Å². The Balaban J connectivity index is -0.0000000326. The molecular weight excluding hydrogens is 182 g/mol. The van der Waals surface area contributed by atoms with E-state index in [1.165, 1.54) is 6.01 Å². The van der Waals surface area contributed by atoms with Gasteiger partial charge in [0.25, 0.3) is 0 Å². The second kappa shape index (κ2) is 12.9. The van der Waals surface area contributed by atoms with Crippen LogP contribution in [0.1, 0.15) is 0 Å². The molecule has 0 rings (SSSR count). The first-order valence-corrected chi connectivity index (χ1v) is 2.50. The van der Waals surface area contributed by atoms with Crippen molar-refractivity contribution >= 4 is 16.4 Å². The first kappa shape index (κ1) is 22.5. The molecule has 0 aliphatic rings. The van der Waals surface area contributed by atoms with E-state index in [1.807, 2.05) is 0 Å². The fourth-order valence-electron chi connectivity index (χ4n) is 0. The molecule has 0 bridgehead atoms. The van der Waals surface area contributed by atoms with E-state index in [2.05, 4.69) is 0 Å². The maximum absolute atomic E-state index is 8.52.